The van der Waals surface area contributed by atoms with E-state index in [4.69, 9.17) is 0 Å². The highest BCUT2D eigenvalue weighted by atomic mass is 16.5. The Balaban J connectivity index is 3.59. The zero-order valence-electron chi connectivity index (χ0n) is 6.33. The predicted octanol–water partition coefficient (Wildman–Crippen LogP) is 1.89. The van der Waals surface area contributed by atoms with Gasteiger partial charge in [0.05, 0.1) is 12.2 Å². The van der Waals surface area contributed by atoms with Gasteiger partial charge >= 0.3 is 5.97 Å². The van der Waals surface area contributed by atoms with Gasteiger partial charge in [-0.05, 0) is 6.08 Å². The van der Waals surface area contributed by atoms with Crippen LogP contribution in [-0.2, 0) is 9.53 Å². The minimum absolute atomic E-state index is 0.0746. The summed E-state index contributed by atoms with van der Waals surface area (Å²) in [5.41, 5.74) is 0. The standard InChI is InChI=1S/C8H12O2/c1-4-5-6-10-8(9)7(2)3/h4-7H,1H2,2-3H3/b6-5+. The van der Waals surface area contributed by atoms with Crippen LogP contribution in [-0.4, -0.2) is 5.97 Å². The second kappa shape index (κ2) is 4.79. The molecule has 0 heterocycles. The van der Waals surface area contributed by atoms with Gasteiger partial charge in [-0.1, -0.05) is 26.5 Å². The number of allylic oxidation sites excluding steroid dienone is 2. The number of rotatable bonds is 3. The van der Waals surface area contributed by atoms with Gasteiger partial charge in [-0.25, -0.2) is 0 Å². The number of carbonyl (C=O) groups is 1. The molecule has 0 saturated heterocycles. The van der Waals surface area contributed by atoms with Crippen LogP contribution in [0.1, 0.15) is 13.8 Å². The Labute approximate surface area is 61.2 Å². The first-order valence-corrected chi connectivity index (χ1v) is 3.16. The van der Waals surface area contributed by atoms with Gasteiger partial charge in [0, 0.05) is 0 Å². The molecule has 0 atom stereocenters. The van der Waals surface area contributed by atoms with Crippen molar-refractivity contribution in [1.29, 1.82) is 0 Å². The molecule has 0 spiro atoms. The van der Waals surface area contributed by atoms with Gasteiger partial charge in [-0.3, -0.25) is 4.79 Å². The summed E-state index contributed by atoms with van der Waals surface area (Å²) in [6.45, 7) is 6.99. The normalized spacial score (nSPS) is 10.3. The molecule has 0 N–H and O–H groups in total. The molecular weight excluding hydrogens is 128 g/mol. The van der Waals surface area contributed by atoms with E-state index in [0.29, 0.717) is 0 Å². The van der Waals surface area contributed by atoms with E-state index in [1.54, 1.807) is 26.0 Å². The monoisotopic (exact) mass is 140 g/mol. The fourth-order valence-electron chi connectivity index (χ4n) is 0.298. The van der Waals surface area contributed by atoms with Crippen molar-refractivity contribution < 1.29 is 9.53 Å². The van der Waals surface area contributed by atoms with E-state index >= 15 is 0 Å². The van der Waals surface area contributed by atoms with E-state index in [9.17, 15) is 4.79 Å². The number of esters is 1. The fourth-order valence-corrected chi connectivity index (χ4v) is 0.298. The molecule has 2 nitrogen and oxygen atoms in total. The zero-order chi connectivity index (χ0) is 7.98. The maximum Gasteiger partial charge on any atom is 0.313 e. The van der Waals surface area contributed by atoms with Crippen LogP contribution in [0.4, 0.5) is 0 Å². The average molecular weight is 140 g/mol. The molecule has 0 aliphatic carbocycles. The molecular formula is C8H12O2. The summed E-state index contributed by atoms with van der Waals surface area (Å²) >= 11 is 0. The van der Waals surface area contributed by atoms with Gasteiger partial charge in [-0.2, -0.15) is 0 Å². The van der Waals surface area contributed by atoms with Crippen LogP contribution in [0.3, 0.4) is 0 Å². The van der Waals surface area contributed by atoms with Crippen LogP contribution in [0.5, 0.6) is 0 Å². The quantitative estimate of drug-likeness (QED) is 0.340. The Morgan fingerprint density at radius 3 is 2.60 bits per heavy atom. The summed E-state index contributed by atoms with van der Waals surface area (Å²) in [5.74, 6) is -0.299. The summed E-state index contributed by atoms with van der Waals surface area (Å²) in [5, 5.41) is 0. The van der Waals surface area contributed by atoms with Crippen molar-refractivity contribution in [3.63, 3.8) is 0 Å². The van der Waals surface area contributed by atoms with E-state index < -0.39 is 0 Å². The van der Waals surface area contributed by atoms with Crippen LogP contribution in [0, 0.1) is 5.92 Å². The number of ether oxygens (including phenoxy) is 1. The molecule has 0 aromatic carbocycles. The molecule has 0 rings (SSSR count). The summed E-state index contributed by atoms with van der Waals surface area (Å²) in [6, 6.07) is 0. The van der Waals surface area contributed by atoms with Crippen molar-refractivity contribution in [2.75, 3.05) is 0 Å². The van der Waals surface area contributed by atoms with Gasteiger partial charge in [0.2, 0.25) is 0 Å². The molecule has 0 aromatic heterocycles. The third kappa shape index (κ3) is 3.89. The third-order valence-electron chi connectivity index (χ3n) is 0.870. The average Bonchev–Trinajstić information content (AvgIpc) is 1.88. The molecule has 0 saturated carbocycles. The first-order valence-electron chi connectivity index (χ1n) is 3.16. The molecule has 0 amide bonds. The molecule has 0 fully saturated rings. The lowest BCUT2D eigenvalue weighted by Crippen LogP contribution is -2.07. The number of hydrogen-bond acceptors (Lipinski definition) is 2. The van der Waals surface area contributed by atoms with Crippen molar-refractivity contribution in [3.05, 3.63) is 25.0 Å². The lowest BCUT2D eigenvalue weighted by molar-refractivity contribution is -0.141. The summed E-state index contributed by atoms with van der Waals surface area (Å²) in [6.07, 6.45) is 4.45. The Hall–Kier alpha value is -1.05. The molecule has 2 heteroatoms. The second-order valence-electron chi connectivity index (χ2n) is 2.16. The van der Waals surface area contributed by atoms with Crippen LogP contribution >= 0.6 is 0 Å². The van der Waals surface area contributed by atoms with Crippen molar-refractivity contribution >= 4 is 5.97 Å². The fraction of sp³-hybridized carbons (Fsp3) is 0.375. The Morgan fingerprint density at radius 1 is 1.60 bits per heavy atom. The molecule has 0 unspecified atom stereocenters. The highest BCUT2D eigenvalue weighted by Crippen LogP contribution is 1.95. The molecule has 0 radical (unpaired) electrons. The van der Waals surface area contributed by atoms with Gasteiger partial charge in [0.1, 0.15) is 0 Å². The molecule has 10 heavy (non-hydrogen) atoms. The zero-order valence-corrected chi connectivity index (χ0v) is 6.33. The maximum absolute atomic E-state index is 10.7. The van der Waals surface area contributed by atoms with Gasteiger partial charge in [0.15, 0.2) is 0 Å². The highest BCUT2D eigenvalue weighted by Gasteiger charge is 2.04. The molecule has 0 aliphatic heterocycles. The largest absolute Gasteiger partial charge is 0.434 e. The number of hydrogen-bond donors (Lipinski definition) is 0. The first-order chi connectivity index (χ1) is 4.68. The lowest BCUT2D eigenvalue weighted by atomic mass is 10.2. The van der Waals surface area contributed by atoms with E-state index in [1.807, 2.05) is 0 Å². The summed E-state index contributed by atoms with van der Waals surface area (Å²) < 4.78 is 4.65. The van der Waals surface area contributed by atoms with Crippen LogP contribution < -0.4 is 0 Å². The third-order valence-corrected chi connectivity index (χ3v) is 0.870. The first kappa shape index (κ1) is 8.95. The SMILES string of the molecule is C=C/C=C/OC(=O)C(C)C. The van der Waals surface area contributed by atoms with Crippen LogP contribution in [0.25, 0.3) is 0 Å². The van der Waals surface area contributed by atoms with Crippen molar-refractivity contribution in [2.45, 2.75) is 13.8 Å². The van der Waals surface area contributed by atoms with Crippen molar-refractivity contribution in [3.8, 4) is 0 Å². The van der Waals surface area contributed by atoms with Gasteiger partial charge in [-0.15, -0.1) is 0 Å². The number of carbonyl (C=O) groups excluding carboxylic acids is 1. The van der Waals surface area contributed by atoms with Crippen molar-refractivity contribution in [2.24, 2.45) is 5.92 Å². The minimum atomic E-state index is -0.224. The van der Waals surface area contributed by atoms with E-state index in [1.165, 1.54) is 6.26 Å². The maximum atomic E-state index is 10.7. The molecule has 56 valence electrons. The smallest absolute Gasteiger partial charge is 0.313 e. The second-order valence-corrected chi connectivity index (χ2v) is 2.16. The van der Waals surface area contributed by atoms with Gasteiger partial charge in [0.25, 0.3) is 0 Å². The van der Waals surface area contributed by atoms with Crippen molar-refractivity contribution in [1.82, 2.24) is 0 Å². The van der Waals surface area contributed by atoms with Gasteiger partial charge < -0.3 is 4.74 Å². The topological polar surface area (TPSA) is 26.3 Å². The minimum Gasteiger partial charge on any atom is -0.434 e. The lowest BCUT2D eigenvalue weighted by Gasteiger charge is -1.99. The van der Waals surface area contributed by atoms with E-state index in [-0.39, 0.29) is 11.9 Å². The Kier molecular flexibility index (Phi) is 4.29. The van der Waals surface area contributed by atoms with Crippen LogP contribution in [0.2, 0.25) is 0 Å². The predicted molar refractivity (Wildman–Crippen MR) is 40.3 cm³/mol. The molecule has 0 aromatic rings. The molecule has 0 bridgehead atoms. The summed E-state index contributed by atoms with van der Waals surface area (Å²) in [4.78, 5) is 10.7. The Bertz CT molecular complexity index is 145. The Morgan fingerprint density at radius 2 is 2.20 bits per heavy atom. The highest BCUT2D eigenvalue weighted by molar-refractivity contribution is 5.72. The molecule has 0 aliphatic rings. The van der Waals surface area contributed by atoms with E-state index in [0.717, 1.165) is 0 Å². The van der Waals surface area contributed by atoms with Crippen LogP contribution in [0.15, 0.2) is 25.0 Å². The summed E-state index contributed by atoms with van der Waals surface area (Å²) in [7, 11) is 0. The van der Waals surface area contributed by atoms with E-state index in [2.05, 4.69) is 11.3 Å².